The maximum atomic E-state index is 13.6. The van der Waals surface area contributed by atoms with Crippen molar-refractivity contribution in [3.05, 3.63) is 102 Å². The van der Waals surface area contributed by atoms with Gasteiger partial charge in [-0.3, -0.25) is 0 Å². The first-order chi connectivity index (χ1) is 16.3. The molecule has 170 valence electrons. The minimum Gasteiger partial charge on any atom is -0.469 e. The summed E-state index contributed by atoms with van der Waals surface area (Å²) >= 11 is 0. The molecule has 0 spiro atoms. The third-order valence-electron chi connectivity index (χ3n) is 5.38. The van der Waals surface area contributed by atoms with Crippen LogP contribution in [0.2, 0.25) is 0 Å². The summed E-state index contributed by atoms with van der Waals surface area (Å²) in [4.78, 5) is 4.86. The predicted molar refractivity (Wildman–Crippen MR) is 128 cm³/mol. The molecule has 3 aromatic carbocycles. The normalized spacial score (nSPS) is 12.1. The van der Waals surface area contributed by atoms with E-state index < -0.39 is 9.84 Å². The van der Waals surface area contributed by atoms with Gasteiger partial charge in [0.15, 0.2) is 9.84 Å². The summed E-state index contributed by atoms with van der Waals surface area (Å²) in [6.45, 7) is 1.87. The zero-order chi connectivity index (χ0) is 24.3. The maximum Gasteiger partial charge on any atom is 0.232 e. The van der Waals surface area contributed by atoms with Gasteiger partial charge in [0.1, 0.15) is 23.6 Å². The smallest absolute Gasteiger partial charge is 0.232 e. The lowest BCUT2D eigenvalue weighted by molar-refractivity contribution is 0.217. The Morgan fingerprint density at radius 3 is 2.15 bits per heavy atom. The van der Waals surface area contributed by atoms with Crippen LogP contribution < -0.4 is 4.74 Å². The van der Waals surface area contributed by atoms with E-state index in [9.17, 15) is 18.1 Å². The number of halogens is 1. The Morgan fingerprint density at radius 1 is 0.941 bits per heavy atom. The fourth-order valence-corrected chi connectivity index (χ4v) is 4.19. The predicted octanol–water partition coefficient (Wildman–Crippen LogP) is 5.97. The van der Waals surface area contributed by atoms with E-state index in [0.717, 1.165) is 11.8 Å². The molecule has 5 nitrogen and oxygen atoms in total. The molecule has 0 fully saturated rings. The minimum absolute atomic E-state index is 0.162. The lowest BCUT2D eigenvalue weighted by Crippen LogP contribution is -2.07. The van der Waals surface area contributed by atoms with Crippen LogP contribution in [-0.4, -0.2) is 19.7 Å². The Balaban J connectivity index is 1.85. The number of nitriles is 1. The Morgan fingerprint density at radius 2 is 1.56 bits per heavy atom. The summed E-state index contributed by atoms with van der Waals surface area (Å²) in [6.07, 6.45) is 0.781. The van der Waals surface area contributed by atoms with Gasteiger partial charge in [0.2, 0.25) is 5.88 Å². The summed E-state index contributed by atoms with van der Waals surface area (Å²) in [5, 5.41) is 9.82. The fraction of sp³-hybridized carbons (Fsp3) is 0.111. The van der Waals surface area contributed by atoms with Crippen LogP contribution in [0, 0.1) is 17.1 Å². The first-order valence-electron chi connectivity index (χ1n) is 10.5. The molecule has 1 heterocycles. The van der Waals surface area contributed by atoms with Crippen LogP contribution in [0.25, 0.3) is 22.4 Å². The van der Waals surface area contributed by atoms with E-state index in [0.29, 0.717) is 22.4 Å². The molecule has 4 rings (SSSR count). The zero-order valence-electron chi connectivity index (χ0n) is 18.6. The number of ether oxygens (including phenoxy) is 1. The molecule has 1 atom stereocenters. The van der Waals surface area contributed by atoms with Crippen LogP contribution in [0.15, 0.2) is 89.8 Å². The highest BCUT2D eigenvalue weighted by atomic mass is 32.2. The zero-order valence-corrected chi connectivity index (χ0v) is 19.4. The van der Waals surface area contributed by atoms with Crippen molar-refractivity contribution in [1.29, 1.82) is 5.26 Å². The van der Waals surface area contributed by atoms with E-state index in [2.05, 4.69) is 11.1 Å². The van der Waals surface area contributed by atoms with Crippen molar-refractivity contribution in [1.82, 2.24) is 4.98 Å². The Labute approximate surface area is 198 Å². The van der Waals surface area contributed by atoms with Crippen molar-refractivity contribution in [2.24, 2.45) is 0 Å². The largest absolute Gasteiger partial charge is 0.469 e. The van der Waals surface area contributed by atoms with Gasteiger partial charge in [-0.25, -0.2) is 17.8 Å². The quantitative estimate of drug-likeness (QED) is 0.345. The Bertz CT molecular complexity index is 1460. The molecule has 1 aromatic heterocycles. The molecule has 1 unspecified atom stereocenters. The third kappa shape index (κ3) is 4.98. The number of hydrogen-bond acceptors (Lipinski definition) is 5. The molecular weight excluding hydrogens is 451 g/mol. The van der Waals surface area contributed by atoms with Gasteiger partial charge < -0.3 is 4.74 Å². The summed E-state index contributed by atoms with van der Waals surface area (Å²) in [7, 11) is -3.36. The monoisotopic (exact) mass is 472 g/mol. The van der Waals surface area contributed by atoms with Crippen molar-refractivity contribution < 1.29 is 17.5 Å². The number of pyridine rings is 1. The molecule has 34 heavy (non-hydrogen) atoms. The molecule has 0 amide bonds. The molecule has 4 aromatic rings. The molecule has 0 saturated heterocycles. The SMILES string of the molecule is CC(Oc1nc(-c2ccc(F)cc2)c(-c2ccc(S(C)(=O)=O)cc2)cc1C#N)c1ccccc1. The van der Waals surface area contributed by atoms with Crippen LogP contribution in [0.5, 0.6) is 5.88 Å². The fourth-order valence-electron chi connectivity index (χ4n) is 3.56. The lowest BCUT2D eigenvalue weighted by Gasteiger charge is -2.18. The molecule has 0 aliphatic rings. The highest BCUT2D eigenvalue weighted by molar-refractivity contribution is 7.90. The summed E-state index contributed by atoms with van der Waals surface area (Å²) < 4.78 is 43.4. The summed E-state index contributed by atoms with van der Waals surface area (Å²) in [5.74, 6) is -0.222. The Kier molecular flexibility index (Phi) is 6.44. The molecule has 0 saturated carbocycles. The van der Waals surface area contributed by atoms with Crippen LogP contribution in [-0.2, 0) is 9.84 Å². The van der Waals surface area contributed by atoms with Gasteiger partial charge in [-0.05, 0) is 60.5 Å². The molecule has 0 N–H and O–H groups in total. The second-order valence-corrected chi connectivity index (χ2v) is 9.84. The van der Waals surface area contributed by atoms with Gasteiger partial charge >= 0.3 is 0 Å². The van der Waals surface area contributed by atoms with E-state index in [1.807, 2.05) is 37.3 Å². The van der Waals surface area contributed by atoms with Gasteiger partial charge in [-0.15, -0.1) is 0 Å². The molecule has 7 heteroatoms. The summed E-state index contributed by atoms with van der Waals surface area (Å²) in [6, 6.07) is 25.6. The van der Waals surface area contributed by atoms with E-state index >= 15 is 0 Å². The van der Waals surface area contributed by atoms with Crippen LogP contribution in [0.3, 0.4) is 0 Å². The van der Waals surface area contributed by atoms with Crippen LogP contribution in [0.1, 0.15) is 24.2 Å². The first-order valence-corrected chi connectivity index (χ1v) is 12.4. The van der Waals surface area contributed by atoms with Crippen LogP contribution in [0.4, 0.5) is 4.39 Å². The van der Waals surface area contributed by atoms with Crippen molar-refractivity contribution in [2.45, 2.75) is 17.9 Å². The lowest BCUT2D eigenvalue weighted by atomic mass is 9.97. The van der Waals surface area contributed by atoms with Crippen molar-refractivity contribution in [3.8, 4) is 34.3 Å². The van der Waals surface area contributed by atoms with Crippen molar-refractivity contribution in [2.75, 3.05) is 6.26 Å². The summed E-state index contributed by atoms with van der Waals surface area (Å²) in [5.41, 5.74) is 3.54. The molecule has 0 radical (unpaired) electrons. The molecule has 0 aliphatic carbocycles. The number of benzene rings is 3. The average molecular weight is 473 g/mol. The first kappa shape index (κ1) is 23.1. The molecule has 0 bridgehead atoms. The second-order valence-electron chi connectivity index (χ2n) is 7.82. The average Bonchev–Trinajstić information content (AvgIpc) is 2.84. The number of aromatic nitrogens is 1. The van der Waals surface area contributed by atoms with Gasteiger partial charge in [0.25, 0.3) is 0 Å². The number of rotatable bonds is 6. The number of sulfone groups is 1. The van der Waals surface area contributed by atoms with E-state index in [-0.39, 0.29) is 28.3 Å². The second kappa shape index (κ2) is 9.46. The van der Waals surface area contributed by atoms with E-state index in [1.165, 1.54) is 24.3 Å². The highest BCUT2D eigenvalue weighted by Gasteiger charge is 2.19. The number of hydrogen-bond donors (Lipinski definition) is 0. The van der Waals surface area contributed by atoms with Gasteiger partial charge in [-0.2, -0.15) is 5.26 Å². The third-order valence-corrected chi connectivity index (χ3v) is 6.51. The maximum absolute atomic E-state index is 13.6. The number of nitrogens with zero attached hydrogens (tertiary/aromatic N) is 2. The van der Waals surface area contributed by atoms with E-state index in [4.69, 9.17) is 4.74 Å². The minimum atomic E-state index is -3.36. The molecule has 0 aliphatic heterocycles. The van der Waals surface area contributed by atoms with Crippen molar-refractivity contribution >= 4 is 9.84 Å². The molecular formula is C27H21FN2O3S. The van der Waals surface area contributed by atoms with Crippen LogP contribution >= 0.6 is 0 Å². The standard InChI is InChI=1S/C27H21FN2O3S/c1-18(19-6-4-3-5-7-19)33-27-22(17-29)16-25(20-10-14-24(15-11-20)34(2,31)32)26(30-27)21-8-12-23(28)13-9-21/h3-16,18H,1-2H3. The van der Waals surface area contributed by atoms with E-state index in [1.54, 1.807) is 30.3 Å². The highest BCUT2D eigenvalue weighted by Crippen LogP contribution is 2.36. The van der Waals surface area contributed by atoms with Gasteiger partial charge in [0.05, 0.1) is 10.6 Å². The van der Waals surface area contributed by atoms with Gasteiger partial charge in [-0.1, -0.05) is 42.5 Å². The topological polar surface area (TPSA) is 80.0 Å². The Hall–Kier alpha value is -4.02. The van der Waals surface area contributed by atoms with Gasteiger partial charge in [0, 0.05) is 17.4 Å². The van der Waals surface area contributed by atoms with Crippen molar-refractivity contribution in [3.63, 3.8) is 0 Å².